The van der Waals surface area contributed by atoms with Crippen LogP contribution in [0.3, 0.4) is 0 Å². The Kier molecular flexibility index (Phi) is 8.32. The molecular weight excluding hydrogens is 474 g/mol. The minimum Gasteiger partial charge on any atom is -0.355 e. The highest BCUT2D eigenvalue weighted by Crippen LogP contribution is 2.23. The van der Waals surface area contributed by atoms with E-state index < -0.39 is 10.0 Å². The Morgan fingerprint density at radius 2 is 1.50 bits per heavy atom. The van der Waals surface area contributed by atoms with E-state index in [4.69, 9.17) is 0 Å². The van der Waals surface area contributed by atoms with Crippen LogP contribution in [-0.2, 0) is 10.0 Å². The van der Waals surface area contributed by atoms with Crippen molar-refractivity contribution >= 4 is 27.4 Å². The Morgan fingerprint density at radius 1 is 0.861 bits per heavy atom. The van der Waals surface area contributed by atoms with Crippen LogP contribution in [0.1, 0.15) is 49.9 Å². The SMILES string of the molecule is CCN(CC)S(=O)(=O)c1ccc(C(=O)Nc2ccc(-c3ccc(N4CCCCCC4)nn3)cc2)cc1. The minimum absolute atomic E-state index is 0.176. The van der Waals surface area contributed by atoms with E-state index in [-0.39, 0.29) is 10.8 Å². The fraction of sp³-hybridized carbons (Fsp3) is 0.370. The third-order valence-electron chi connectivity index (χ3n) is 6.48. The van der Waals surface area contributed by atoms with E-state index in [1.807, 2.05) is 36.4 Å². The number of nitrogens with one attached hydrogen (secondary N) is 1. The number of nitrogens with zero attached hydrogens (tertiary/aromatic N) is 4. The molecule has 0 radical (unpaired) electrons. The number of sulfonamides is 1. The Morgan fingerprint density at radius 3 is 2.06 bits per heavy atom. The number of benzene rings is 2. The van der Waals surface area contributed by atoms with Crippen LogP contribution in [0.15, 0.2) is 65.6 Å². The Hall–Kier alpha value is -3.30. The molecule has 2 heterocycles. The zero-order valence-corrected chi connectivity index (χ0v) is 21.7. The lowest BCUT2D eigenvalue weighted by atomic mass is 10.1. The lowest BCUT2D eigenvalue weighted by molar-refractivity contribution is 0.102. The van der Waals surface area contributed by atoms with Gasteiger partial charge in [0.1, 0.15) is 0 Å². The first-order chi connectivity index (χ1) is 17.4. The molecule has 36 heavy (non-hydrogen) atoms. The standard InChI is InChI=1S/C27H33N5O3S/c1-3-32(4-2)36(34,35)24-15-11-22(12-16-24)27(33)28-23-13-9-21(10-14-23)25-17-18-26(30-29-25)31-19-7-5-6-8-20-31/h9-18H,3-8,19-20H2,1-2H3,(H,28,33). The molecule has 1 fully saturated rings. The van der Waals surface area contributed by atoms with Crippen molar-refractivity contribution in [1.82, 2.24) is 14.5 Å². The molecule has 1 N–H and O–H groups in total. The normalized spacial score (nSPS) is 14.5. The van der Waals surface area contributed by atoms with Gasteiger partial charge in [-0.05, 0) is 61.4 Å². The van der Waals surface area contributed by atoms with E-state index >= 15 is 0 Å². The van der Waals surface area contributed by atoms with E-state index in [0.717, 1.165) is 30.2 Å². The van der Waals surface area contributed by atoms with Crippen molar-refractivity contribution in [1.29, 1.82) is 0 Å². The van der Waals surface area contributed by atoms with Crippen LogP contribution in [0.25, 0.3) is 11.3 Å². The zero-order valence-electron chi connectivity index (χ0n) is 20.9. The first-order valence-electron chi connectivity index (χ1n) is 12.5. The Balaban J connectivity index is 1.39. The van der Waals surface area contributed by atoms with Crippen molar-refractivity contribution in [2.45, 2.75) is 44.4 Å². The minimum atomic E-state index is -3.56. The van der Waals surface area contributed by atoms with Gasteiger partial charge in [-0.25, -0.2) is 8.42 Å². The summed E-state index contributed by atoms with van der Waals surface area (Å²) in [7, 11) is -3.56. The molecule has 2 aromatic carbocycles. The fourth-order valence-corrected chi connectivity index (χ4v) is 5.82. The summed E-state index contributed by atoms with van der Waals surface area (Å²) in [5, 5.41) is 11.7. The third kappa shape index (κ3) is 5.91. The third-order valence-corrected chi connectivity index (χ3v) is 8.54. The molecule has 9 heteroatoms. The van der Waals surface area contributed by atoms with Crippen LogP contribution in [-0.4, -0.2) is 55.0 Å². The van der Waals surface area contributed by atoms with Gasteiger partial charge in [-0.3, -0.25) is 4.79 Å². The molecule has 0 saturated carbocycles. The zero-order chi connectivity index (χ0) is 25.5. The molecule has 1 aromatic heterocycles. The maximum Gasteiger partial charge on any atom is 0.255 e. The maximum absolute atomic E-state index is 12.7. The summed E-state index contributed by atoms with van der Waals surface area (Å²) in [6.45, 7) is 6.43. The summed E-state index contributed by atoms with van der Waals surface area (Å²) in [4.78, 5) is 15.2. The number of aromatic nitrogens is 2. The molecule has 190 valence electrons. The first-order valence-corrected chi connectivity index (χ1v) is 14.0. The molecule has 1 aliphatic heterocycles. The molecule has 1 saturated heterocycles. The van der Waals surface area contributed by atoms with E-state index in [1.54, 1.807) is 13.8 Å². The van der Waals surface area contributed by atoms with Crippen molar-refractivity contribution in [3.8, 4) is 11.3 Å². The van der Waals surface area contributed by atoms with Crippen molar-refractivity contribution in [2.75, 3.05) is 36.4 Å². The monoisotopic (exact) mass is 507 g/mol. The molecule has 0 atom stereocenters. The van der Waals surface area contributed by atoms with Crippen molar-refractivity contribution in [3.05, 3.63) is 66.2 Å². The van der Waals surface area contributed by atoms with E-state index in [1.165, 1.54) is 54.3 Å². The predicted octanol–water partition coefficient (Wildman–Crippen LogP) is 4.81. The summed E-state index contributed by atoms with van der Waals surface area (Å²) in [5.74, 6) is 0.608. The number of hydrogen-bond donors (Lipinski definition) is 1. The van der Waals surface area contributed by atoms with Crippen LogP contribution >= 0.6 is 0 Å². The van der Waals surface area contributed by atoms with E-state index in [9.17, 15) is 13.2 Å². The van der Waals surface area contributed by atoms with Crippen molar-refractivity contribution in [2.24, 2.45) is 0 Å². The van der Waals surface area contributed by atoms with Gasteiger partial charge in [-0.1, -0.05) is 38.8 Å². The molecule has 0 aliphatic carbocycles. The number of anilines is 2. The summed E-state index contributed by atoms with van der Waals surface area (Å²) < 4.78 is 26.7. The second kappa shape index (κ2) is 11.6. The molecular formula is C27H33N5O3S. The van der Waals surface area contributed by atoms with Gasteiger partial charge >= 0.3 is 0 Å². The molecule has 3 aromatic rings. The van der Waals surface area contributed by atoms with Gasteiger partial charge in [-0.15, -0.1) is 10.2 Å². The predicted molar refractivity (Wildman–Crippen MR) is 143 cm³/mol. The number of carbonyl (C=O) groups excluding carboxylic acids is 1. The number of rotatable bonds is 8. The van der Waals surface area contributed by atoms with Gasteiger partial charge in [0.15, 0.2) is 5.82 Å². The second-order valence-electron chi connectivity index (χ2n) is 8.82. The van der Waals surface area contributed by atoms with Crippen LogP contribution in [0.4, 0.5) is 11.5 Å². The van der Waals surface area contributed by atoms with Gasteiger partial charge in [0.25, 0.3) is 5.91 Å². The summed E-state index contributed by atoms with van der Waals surface area (Å²) in [5.41, 5.74) is 2.70. The van der Waals surface area contributed by atoms with E-state index in [2.05, 4.69) is 20.4 Å². The van der Waals surface area contributed by atoms with Gasteiger partial charge in [-0.2, -0.15) is 4.31 Å². The summed E-state index contributed by atoms with van der Waals surface area (Å²) in [6, 6.07) is 17.4. The van der Waals surface area contributed by atoms with Crippen LogP contribution in [0.5, 0.6) is 0 Å². The largest absolute Gasteiger partial charge is 0.355 e. The summed E-state index contributed by atoms with van der Waals surface area (Å²) >= 11 is 0. The molecule has 0 spiro atoms. The molecule has 1 amide bonds. The number of hydrogen-bond acceptors (Lipinski definition) is 6. The molecule has 4 rings (SSSR count). The molecule has 8 nitrogen and oxygen atoms in total. The van der Waals surface area contributed by atoms with Crippen LogP contribution in [0.2, 0.25) is 0 Å². The Labute approximate surface area is 213 Å². The van der Waals surface area contributed by atoms with Gasteiger partial charge in [0, 0.05) is 43.0 Å². The average molecular weight is 508 g/mol. The smallest absolute Gasteiger partial charge is 0.255 e. The highest BCUT2D eigenvalue weighted by Gasteiger charge is 2.21. The Bertz CT molecular complexity index is 1250. The highest BCUT2D eigenvalue weighted by atomic mass is 32.2. The maximum atomic E-state index is 12.7. The van der Waals surface area contributed by atoms with Gasteiger partial charge in [0.05, 0.1) is 10.6 Å². The van der Waals surface area contributed by atoms with Crippen LogP contribution in [0, 0.1) is 0 Å². The number of carbonyl (C=O) groups is 1. The van der Waals surface area contributed by atoms with Crippen molar-refractivity contribution < 1.29 is 13.2 Å². The highest BCUT2D eigenvalue weighted by molar-refractivity contribution is 7.89. The molecule has 0 bridgehead atoms. The number of amides is 1. The van der Waals surface area contributed by atoms with Gasteiger partial charge in [0.2, 0.25) is 10.0 Å². The van der Waals surface area contributed by atoms with Crippen molar-refractivity contribution in [3.63, 3.8) is 0 Å². The molecule has 1 aliphatic rings. The molecule has 0 unspecified atom stereocenters. The van der Waals surface area contributed by atoms with E-state index in [0.29, 0.717) is 24.3 Å². The lowest BCUT2D eigenvalue weighted by Gasteiger charge is -2.20. The van der Waals surface area contributed by atoms with Crippen LogP contribution < -0.4 is 10.2 Å². The second-order valence-corrected chi connectivity index (χ2v) is 10.8. The lowest BCUT2D eigenvalue weighted by Crippen LogP contribution is -2.30. The topological polar surface area (TPSA) is 95.5 Å². The summed E-state index contributed by atoms with van der Waals surface area (Å²) in [6.07, 6.45) is 4.93. The fourth-order valence-electron chi connectivity index (χ4n) is 4.37. The average Bonchev–Trinajstić information content (AvgIpc) is 3.20. The first kappa shape index (κ1) is 25.8. The van der Waals surface area contributed by atoms with Gasteiger partial charge < -0.3 is 10.2 Å². The quantitative estimate of drug-likeness (QED) is 0.470.